The molecule has 0 radical (unpaired) electrons. The van der Waals surface area contributed by atoms with Crippen LogP contribution in [-0.4, -0.2) is 23.6 Å². The van der Waals surface area contributed by atoms with Crippen molar-refractivity contribution >= 4 is 11.4 Å². The van der Waals surface area contributed by atoms with Gasteiger partial charge < -0.3 is 4.90 Å². The van der Waals surface area contributed by atoms with Gasteiger partial charge in [0.05, 0.1) is 0 Å². The highest BCUT2D eigenvalue weighted by Gasteiger charge is 2.71. The molecule has 0 N–H and O–H groups in total. The van der Waals surface area contributed by atoms with Gasteiger partial charge in [-0.1, -0.05) is 0 Å². The molecule has 1 nitrogen and oxygen atoms in total. The van der Waals surface area contributed by atoms with Crippen LogP contribution in [0.5, 0.6) is 0 Å². The molecule has 0 heterocycles. The standard InChI is InChI=1S/C22H8F19N/c1-19(34)17(22(39,40)41)13(32)14(33)18(20(19,2)35)42(16-11(30)7(26)6(25)8(27)12(16)31)15-9(28)4(23)3(21(36,37)38)5(24)10(15)29/h17-18H,1-2H3. The molecular weight excluding hydrogens is 639 g/mol. The van der Waals surface area contributed by atoms with Crippen LogP contribution >= 0.6 is 0 Å². The van der Waals surface area contributed by atoms with Gasteiger partial charge in [0, 0.05) is 0 Å². The molecule has 4 atom stereocenters. The molecule has 1 aliphatic carbocycles. The summed E-state index contributed by atoms with van der Waals surface area (Å²) in [7, 11) is 0. The summed E-state index contributed by atoms with van der Waals surface area (Å²) in [5.41, 5.74) is -19.7. The molecule has 42 heavy (non-hydrogen) atoms. The zero-order valence-electron chi connectivity index (χ0n) is 19.8. The Labute approximate surface area is 219 Å². The van der Waals surface area contributed by atoms with Crippen molar-refractivity contribution in [1.82, 2.24) is 0 Å². The lowest BCUT2D eigenvalue weighted by molar-refractivity contribution is -0.230. The molecule has 0 amide bonds. The van der Waals surface area contributed by atoms with Gasteiger partial charge in [-0.2, -0.15) is 26.3 Å². The van der Waals surface area contributed by atoms with E-state index in [4.69, 9.17) is 0 Å². The minimum atomic E-state index is -6.35. The van der Waals surface area contributed by atoms with E-state index in [0.29, 0.717) is 0 Å². The lowest BCUT2D eigenvalue weighted by Gasteiger charge is -2.50. The van der Waals surface area contributed by atoms with Crippen LogP contribution in [0, 0.1) is 58.3 Å². The predicted octanol–water partition coefficient (Wildman–Crippen LogP) is 9.26. The molecule has 0 fully saturated rings. The summed E-state index contributed by atoms with van der Waals surface area (Å²) in [5.74, 6) is -41.9. The molecule has 20 heteroatoms. The number of benzene rings is 2. The summed E-state index contributed by atoms with van der Waals surface area (Å²) in [6, 6.07) is -4.39. The number of allylic oxidation sites excluding steroid dienone is 1. The van der Waals surface area contributed by atoms with Gasteiger partial charge in [-0.3, -0.25) is 0 Å². The summed E-state index contributed by atoms with van der Waals surface area (Å²) in [6.07, 6.45) is -12.6. The van der Waals surface area contributed by atoms with Crippen molar-refractivity contribution in [3.05, 3.63) is 69.6 Å². The van der Waals surface area contributed by atoms with Crippen LogP contribution in [0.25, 0.3) is 0 Å². The smallest absolute Gasteiger partial charge is 0.318 e. The van der Waals surface area contributed by atoms with Crippen LogP contribution in [0.2, 0.25) is 0 Å². The highest BCUT2D eigenvalue weighted by molar-refractivity contribution is 5.70. The van der Waals surface area contributed by atoms with E-state index < -0.39 is 135 Å². The summed E-state index contributed by atoms with van der Waals surface area (Å²) in [6.45, 7) is -1.00. The fourth-order valence-corrected chi connectivity index (χ4v) is 4.36. The minimum absolute atomic E-state index is 0.498. The molecule has 2 aromatic rings. The van der Waals surface area contributed by atoms with Crippen LogP contribution in [0.3, 0.4) is 0 Å². The first kappa shape index (κ1) is 33.2. The van der Waals surface area contributed by atoms with E-state index >= 15 is 13.2 Å². The Morgan fingerprint density at radius 2 is 0.833 bits per heavy atom. The number of rotatable bonds is 3. The lowest BCUT2D eigenvalue weighted by Crippen LogP contribution is -2.66. The van der Waals surface area contributed by atoms with Gasteiger partial charge in [-0.05, 0) is 13.8 Å². The Morgan fingerprint density at radius 3 is 1.17 bits per heavy atom. The highest BCUT2D eigenvalue weighted by Crippen LogP contribution is 2.58. The van der Waals surface area contributed by atoms with Crippen molar-refractivity contribution in [3.63, 3.8) is 0 Å². The molecule has 0 aliphatic heterocycles. The molecule has 3 rings (SSSR count). The van der Waals surface area contributed by atoms with Crippen molar-refractivity contribution < 1.29 is 83.4 Å². The lowest BCUT2D eigenvalue weighted by atomic mass is 9.68. The summed E-state index contributed by atoms with van der Waals surface area (Å²) < 4.78 is 270. The van der Waals surface area contributed by atoms with Crippen LogP contribution < -0.4 is 4.90 Å². The van der Waals surface area contributed by atoms with E-state index in [2.05, 4.69) is 0 Å². The van der Waals surface area contributed by atoms with E-state index in [0.717, 1.165) is 0 Å². The minimum Gasteiger partial charge on any atom is -0.318 e. The predicted molar refractivity (Wildman–Crippen MR) is 101 cm³/mol. The maximum absolute atomic E-state index is 15.9. The Morgan fingerprint density at radius 1 is 0.500 bits per heavy atom. The fourth-order valence-electron chi connectivity index (χ4n) is 4.36. The number of hydrogen-bond acceptors (Lipinski definition) is 1. The van der Waals surface area contributed by atoms with E-state index in [9.17, 15) is 70.2 Å². The number of hydrogen-bond donors (Lipinski definition) is 0. The molecule has 4 unspecified atom stereocenters. The van der Waals surface area contributed by atoms with Crippen LogP contribution in [0.1, 0.15) is 19.4 Å². The summed E-state index contributed by atoms with van der Waals surface area (Å²) in [4.78, 5) is -1.74. The molecular formula is C22H8F19N. The van der Waals surface area contributed by atoms with E-state index in [1.165, 1.54) is 0 Å². The van der Waals surface area contributed by atoms with Crippen molar-refractivity contribution in [2.24, 2.45) is 5.92 Å². The second-order valence-corrected chi connectivity index (χ2v) is 8.99. The molecule has 1 aliphatic rings. The zero-order valence-corrected chi connectivity index (χ0v) is 19.8. The van der Waals surface area contributed by atoms with Crippen LogP contribution in [-0.2, 0) is 6.18 Å². The number of alkyl halides is 8. The second kappa shape index (κ2) is 9.85. The largest absolute Gasteiger partial charge is 0.422 e. The first-order chi connectivity index (χ1) is 18.8. The van der Waals surface area contributed by atoms with Crippen molar-refractivity contribution in [2.75, 3.05) is 4.90 Å². The highest BCUT2D eigenvalue weighted by atomic mass is 19.4. The Kier molecular flexibility index (Phi) is 7.78. The van der Waals surface area contributed by atoms with Crippen molar-refractivity contribution in [2.45, 2.75) is 43.6 Å². The normalized spacial score (nSPS) is 25.4. The third-order valence-electron chi connectivity index (χ3n) is 6.51. The van der Waals surface area contributed by atoms with Crippen LogP contribution in [0.4, 0.5) is 94.8 Å². The van der Waals surface area contributed by atoms with Crippen molar-refractivity contribution in [1.29, 1.82) is 0 Å². The van der Waals surface area contributed by atoms with Gasteiger partial charge in [0.25, 0.3) is 0 Å². The number of halogens is 19. The Hall–Kier alpha value is -3.35. The molecule has 0 bridgehead atoms. The third kappa shape index (κ3) is 4.51. The van der Waals surface area contributed by atoms with Gasteiger partial charge in [-0.25, -0.2) is 57.1 Å². The van der Waals surface area contributed by atoms with Gasteiger partial charge in [-0.15, -0.1) is 0 Å². The third-order valence-corrected chi connectivity index (χ3v) is 6.51. The average Bonchev–Trinajstić information content (AvgIpc) is 2.82. The molecule has 0 saturated heterocycles. The maximum atomic E-state index is 15.9. The molecule has 2 aromatic carbocycles. The average molecular weight is 647 g/mol. The molecule has 0 spiro atoms. The first-order valence-corrected chi connectivity index (χ1v) is 10.5. The van der Waals surface area contributed by atoms with Gasteiger partial charge in [0.2, 0.25) is 5.82 Å². The molecule has 234 valence electrons. The quantitative estimate of drug-likeness (QED) is 0.183. The maximum Gasteiger partial charge on any atom is 0.422 e. The van der Waals surface area contributed by atoms with E-state index in [-0.39, 0.29) is 0 Å². The van der Waals surface area contributed by atoms with Crippen molar-refractivity contribution in [3.8, 4) is 0 Å². The Bertz CT molecular complexity index is 1420. The molecule has 0 saturated carbocycles. The van der Waals surface area contributed by atoms with Gasteiger partial charge >= 0.3 is 12.4 Å². The second-order valence-electron chi connectivity index (χ2n) is 8.99. The number of anilines is 2. The summed E-state index contributed by atoms with van der Waals surface area (Å²) >= 11 is 0. The Balaban J connectivity index is 2.68. The topological polar surface area (TPSA) is 3.24 Å². The SMILES string of the molecule is CC1(F)C(N(c2c(F)c(F)c(F)c(F)c2F)c2c(F)c(F)c(C(F)(F)F)c(F)c2F)C(F)=C(F)C(C(F)(F)F)C1(C)F. The first-order valence-electron chi connectivity index (χ1n) is 10.5. The van der Waals surface area contributed by atoms with Gasteiger partial charge in [0.1, 0.15) is 34.7 Å². The number of nitrogens with zero attached hydrogens (tertiary/aromatic N) is 1. The molecule has 0 aromatic heterocycles. The monoisotopic (exact) mass is 647 g/mol. The van der Waals surface area contributed by atoms with Crippen LogP contribution in [0.15, 0.2) is 11.7 Å². The zero-order chi connectivity index (χ0) is 32.8. The van der Waals surface area contributed by atoms with E-state index in [1.807, 2.05) is 0 Å². The van der Waals surface area contributed by atoms with E-state index in [1.54, 1.807) is 0 Å². The summed E-state index contributed by atoms with van der Waals surface area (Å²) in [5, 5.41) is 0. The van der Waals surface area contributed by atoms with Gasteiger partial charge in [0.15, 0.2) is 63.7 Å². The fraction of sp³-hybridized carbons (Fsp3) is 0.364.